The van der Waals surface area contributed by atoms with Crippen LogP contribution < -0.4 is 15.6 Å². The maximum Gasteiger partial charge on any atom is 0.264 e. The molecule has 0 aliphatic carbocycles. The Labute approximate surface area is 171 Å². The molecule has 1 heterocycles. The summed E-state index contributed by atoms with van der Waals surface area (Å²) in [4.78, 5) is 30.1. The van der Waals surface area contributed by atoms with Crippen molar-refractivity contribution in [2.75, 3.05) is 12.4 Å². The van der Waals surface area contributed by atoms with Crippen molar-refractivity contribution in [1.82, 2.24) is 9.55 Å². The number of benzene rings is 2. The van der Waals surface area contributed by atoms with Crippen molar-refractivity contribution < 1.29 is 14.6 Å². The molecule has 0 radical (unpaired) electrons. The minimum atomic E-state index is -0.559. The van der Waals surface area contributed by atoms with Gasteiger partial charge in [-0.15, -0.1) is 0 Å². The van der Waals surface area contributed by atoms with Gasteiger partial charge in [-0.05, 0) is 60.7 Å². The molecule has 0 aliphatic rings. The zero-order valence-electron chi connectivity index (χ0n) is 15.7. The SMILES string of the molecule is COc1ccc(-n2c(O)c(C=Nc3ccc(NC(C)=O)cc3)c(=O)[nH]c2=S)cc1. The van der Waals surface area contributed by atoms with E-state index in [0.717, 1.165) is 0 Å². The number of aromatic amines is 1. The maximum absolute atomic E-state index is 12.3. The zero-order chi connectivity index (χ0) is 21.0. The summed E-state index contributed by atoms with van der Waals surface area (Å²) < 4.78 is 6.51. The van der Waals surface area contributed by atoms with Crippen LogP contribution >= 0.6 is 12.2 Å². The monoisotopic (exact) mass is 410 g/mol. The lowest BCUT2D eigenvalue weighted by atomic mass is 10.2. The lowest BCUT2D eigenvalue weighted by molar-refractivity contribution is -0.114. The molecule has 3 aromatic rings. The summed E-state index contributed by atoms with van der Waals surface area (Å²) in [6.07, 6.45) is 1.26. The fourth-order valence-corrected chi connectivity index (χ4v) is 2.88. The van der Waals surface area contributed by atoms with Gasteiger partial charge >= 0.3 is 0 Å². The van der Waals surface area contributed by atoms with Gasteiger partial charge in [0.1, 0.15) is 11.3 Å². The molecular formula is C20H18N4O4S. The second-order valence-electron chi connectivity index (χ2n) is 6.02. The Morgan fingerprint density at radius 2 is 1.86 bits per heavy atom. The molecule has 29 heavy (non-hydrogen) atoms. The smallest absolute Gasteiger partial charge is 0.264 e. The van der Waals surface area contributed by atoms with Crippen LogP contribution in [0.3, 0.4) is 0 Å². The van der Waals surface area contributed by atoms with Crippen LogP contribution in [-0.2, 0) is 4.79 Å². The number of rotatable bonds is 5. The second-order valence-corrected chi connectivity index (χ2v) is 6.40. The predicted molar refractivity (Wildman–Crippen MR) is 113 cm³/mol. The number of amides is 1. The third kappa shape index (κ3) is 4.58. The van der Waals surface area contributed by atoms with Crippen molar-refractivity contribution in [3.63, 3.8) is 0 Å². The molecule has 9 heteroatoms. The van der Waals surface area contributed by atoms with Crippen LogP contribution in [0, 0.1) is 4.77 Å². The summed E-state index contributed by atoms with van der Waals surface area (Å²) in [5.74, 6) is 0.140. The van der Waals surface area contributed by atoms with Gasteiger partial charge in [0.25, 0.3) is 5.56 Å². The molecule has 2 aromatic carbocycles. The molecule has 0 bridgehead atoms. The van der Waals surface area contributed by atoms with Crippen molar-refractivity contribution in [2.24, 2.45) is 4.99 Å². The van der Waals surface area contributed by atoms with E-state index in [-0.39, 0.29) is 22.1 Å². The first-order valence-electron chi connectivity index (χ1n) is 8.53. The van der Waals surface area contributed by atoms with Crippen LogP contribution in [0.4, 0.5) is 11.4 Å². The highest BCUT2D eigenvalue weighted by atomic mass is 32.1. The third-order valence-corrected chi connectivity index (χ3v) is 4.27. The largest absolute Gasteiger partial charge is 0.497 e. The van der Waals surface area contributed by atoms with E-state index in [0.29, 0.717) is 22.8 Å². The predicted octanol–water partition coefficient (Wildman–Crippen LogP) is 3.32. The molecule has 0 saturated carbocycles. The summed E-state index contributed by atoms with van der Waals surface area (Å²) in [6, 6.07) is 13.5. The second kappa shape index (κ2) is 8.53. The number of aromatic nitrogens is 2. The first-order valence-corrected chi connectivity index (χ1v) is 8.94. The molecule has 8 nitrogen and oxygen atoms in total. The van der Waals surface area contributed by atoms with Crippen molar-refractivity contribution in [3.8, 4) is 17.3 Å². The molecule has 0 atom stereocenters. The summed E-state index contributed by atoms with van der Waals surface area (Å²) in [5.41, 5.74) is 1.12. The number of anilines is 1. The van der Waals surface area contributed by atoms with E-state index in [4.69, 9.17) is 17.0 Å². The highest BCUT2D eigenvalue weighted by Gasteiger charge is 2.12. The average molecular weight is 410 g/mol. The summed E-state index contributed by atoms with van der Waals surface area (Å²) in [5, 5.41) is 13.3. The van der Waals surface area contributed by atoms with Gasteiger partial charge in [0.15, 0.2) is 4.77 Å². The topological polar surface area (TPSA) is 109 Å². The molecule has 148 valence electrons. The molecule has 0 spiro atoms. The minimum absolute atomic E-state index is 0.0413. The first-order chi connectivity index (χ1) is 13.9. The van der Waals surface area contributed by atoms with Crippen LogP contribution in [-0.4, -0.2) is 33.9 Å². The number of carbonyl (C=O) groups is 1. The number of ether oxygens (including phenoxy) is 1. The fourth-order valence-electron chi connectivity index (χ4n) is 2.60. The third-order valence-electron chi connectivity index (χ3n) is 3.98. The Hall–Kier alpha value is -3.72. The van der Waals surface area contributed by atoms with E-state index >= 15 is 0 Å². The molecule has 1 aromatic heterocycles. The molecular weight excluding hydrogens is 392 g/mol. The molecule has 3 N–H and O–H groups in total. The number of methoxy groups -OCH3 is 1. The van der Waals surface area contributed by atoms with Crippen LogP contribution in [0.25, 0.3) is 5.69 Å². The average Bonchev–Trinajstić information content (AvgIpc) is 2.69. The van der Waals surface area contributed by atoms with E-state index in [9.17, 15) is 14.7 Å². The Bertz CT molecular complexity index is 1180. The normalized spacial score (nSPS) is 10.8. The summed E-state index contributed by atoms with van der Waals surface area (Å²) in [6.45, 7) is 1.42. The van der Waals surface area contributed by atoms with E-state index in [1.807, 2.05) is 0 Å². The molecule has 0 fully saturated rings. The molecule has 0 saturated heterocycles. The van der Waals surface area contributed by atoms with Gasteiger partial charge in [0.05, 0.1) is 18.5 Å². The maximum atomic E-state index is 12.3. The number of nitrogens with one attached hydrogen (secondary N) is 2. The van der Waals surface area contributed by atoms with Gasteiger partial charge in [-0.25, -0.2) is 0 Å². The van der Waals surface area contributed by atoms with Crippen molar-refractivity contribution >= 4 is 35.7 Å². The lowest BCUT2D eigenvalue weighted by Gasteiger charge is -2.11. The van der Waals surface area contributed by atoms with E-state index in [1.54, 1.807) is 55.6 Å². The summed E-state index contributed by atoms with van der Waals surface area (Å²) in [7, 11) is 1.55. The lowest BCUT2D eigenvalue weighted by Crippen LogP contribution is -2.18. The van der Waals surface area contributed by atoms with Crippen LogP contribution in [0.15, 0.2) is 58.3 Å². The highest BCUT2D eigenvalue weighted by molar-refractivity contribution is 7.71. The van der Waals surface area contributed by atoms with Gasteiger partial charge < -0.3 is 15.2 Å². The van der Waals surface area contributed by atoms with Gasteiger partial charge in [-0.3, -0.25) is 24.1 Å². The van der Waals surface area contributed by atoms with E-state index in [2.05, 4.69) is 15.3 Å². The Morgan fingerprint density at radius 3 is 2.45 bits per heavy atom. The number of nitrogens with zero attached hydrogens (tertiary/aromatic N) is 2. The van der Waals surface area contributed by atoms with Crippen molar-refractivity contribution in [1.29, 1.82) is 0 Å². The Kier molecular flexibility index (Phi) is 5.89. The number of hydrogen-bond donors (Lipinski definition) is 3. The molecule has 0 unspecified atom stereocenters. The number of H-pyrrole nitrogens is 1. The number of aromatic hydroxyl groups is 1. The molecule has 3 rings (SSSR count). The number of aliphatic imine (C=N–C) groups is 1. The molecule has 0 aliphatic heterocycles. The quantitative estimate of drug-likeness (QED) is 0.442. The Balaban J connectivity index is 1.97. The molecule has 1 amide bonds. The van der Waals surface area contributed by atoms with E-state index in [1.165, 1.54) is 17.7 Å². The number of carbonyl (C=O) groups excluding carboxylic acids is 1. The summed E-state index contributed by atoms with van der Waals surface area (Å²) >= 11 is 5.19. The minimum Gasteiger partial charge on any atom is -0.497 e. The van der Waals surface area contributed by atoms with Crippen molar-refractivity contribution in [3.05, 3.63) is 69.2 Å². The van der Waals surface area contributed by atoms with Gasteiger partial charge in [0, 0.05) is 18.8 Å². The fraction of sp³-hybridized carbons (Fsp3) is 0.100. The first kappa shape index (κ1) is 20.0. The van der Waals surface area contributed by atoms with Gasteiger partial charge in [-0.1, -0.05) is 0 Å². The van der Waals surface area contributed by atoms with E-state index < -0.39 is 5.56 Å². The van der Waals surface area contributed by atoms with Crippen LogP contribution in [0.1, 0.15) is 12.5 Å². The highest BCUT2D eigenvalue weighted by Crippen LogP contribution is 2.22. The van der Waals surface area contributed by atoms with Gasteiger partial charge in [-0.2, -0.15) is 0 Å². The standard InChI is InChI=1S/C20H18N4O4S/c1-12(25)22-14-5-3-13(4-6-14)21-11-17-18(26)23-20(29)24(19(17)27)15-7-9-16(28-2)10-8-15/h3-11,27H,1-2H3,(H,22,25)(H,23,26,29). The zero-order valence-corrected chi connectivity index (χ0v) is 16.5. The number of hydrogen-bond acceptors (Lipinski definition) is 6. The van der Waals surface area contributed by atoms with Crippen LogP contribution in [0.2, 0.25) is 0 Å². The van der Waals surface area contributed by atoms with Gasteiger partial charge in [0.2, 0.25) is 11.8 Å². The van der Waals surface area contributed by atoms with Crippen molar-refractivity contribution in [2.45, 2.75) is 6.92 Å². The Morgan fingerprint density at radius 1 is 1.21 bits per heavy atom. The van der Waals surface area contributed by atoms with Crippen LogP contribution in [0.5, 0.6) is 11.6 Å².